The third-order valence-electron chi connectivity index (χ3n) is 2.44. The lowest BCUT2D eigenvalue weighted by atomic mass is 10.1. The smallest absolute Gasteiger partial charge is 0.406 e. The van der Waals surface area contributed by atoms with E-state index in [2.05, 4.69) is 0 Å². The molecule has 3 N–H and O–H groups in total. The van der Waals surface area contributed by atoms with E-state index in [-0.39, 0.29) is 21.9 Å². The SMILES string of the molecule is COc1cc(N)ccc1C(=O)N(CC(=O)O)CC(F)(F)F. The number of carbonyl (C=O) groups excluding carboxylic acids is 1. The molecule has 0 saturated heterocycles. The maximum atomic E-state index is 12.4. The highest BCUT2D eigenvalue weighted by molar-refractivity contribution is 5.98. The highest BCUT2D eigenvalue weighted by Gasteiger charge is 2.35. The zero-order valence-electron chi connectivity index (χ0n) is 11.0. The number of carbonyl (C=O) groups is 2. The average Bonchev–Trinajstić information content (AvgIpc) is 2.34. The van der Waals surface area contributed by atoms with Gasteiger partial charge in [0.2, 0.25) is 0 Å². The van der Waals surface area contributed by atoms with Crippen LogP contribution in [0.2, 0.25) is 0 Å². The van der Waals surface area contributed by atoms with E-state index in [1.165, 1.54) is 25.3 Å². The summed E-state index contributed by atoms with van der Waals surface area (Å²) in [7, 11) is 1.22. The molecule has 0 bridgehead atoms. The van der Waals surface area contributed by atoms with Crippen LogP contribution in [0.3, 0.4) is 0 Å². The van der Waals surface area contributed by atoms with E-state index in [4.69, 9.17) is 15.6 Å². The lowest BCUT2D eigenvalue weighted by Gasteiger charge is -2.23. The summed E-state index contributed by atoms with van der Waals surface area (Å²) in [5.74, 6) is -2.69. The number of benzene rings is 1. The Balaban J connectivity index is 3.13. The van der Waals surface area contributed by atoms with Crippen molar-refractivity contribution in [2.45, 2.75) is 6.18 Å². The van der Waals surface area contributed by atoms with Crippen LogP contribution in [0.5, 0.6) is 5.75 Å². The Kier molecular flexibility index (Phi) is 5.01. The number of nitrogen functional groups attached to an aromatic ring is 1. The van der Waals surface area contributed by atoms with Gasteiger partial charge in [0.15, 0.2) is 0 Å². The predicted octanol–water partition coefficient (Wildman–Crippen LogP) is 1.37. The van der Waals surface area contributed by atoms with Crippen molar-refractivity contribution in [3.05, 3.63) is 23.8 Å². The van der Waals surface area contributed by atoms with Crippen LogP contribution in [0.15, 0.2) is 18.2 Å². The second kappa shape index (κ2) is 6.33. The first-order valence-electron chi connectivity index (χ1n) is 5.65. The van der Waals surface area contributed by atoms with E-state index in [1.54, 1.807) is 0 Å². The summed E-state index contributed by atoms with van der Waals surface area (Å²) in [5.41, 5.74) is 5.54. The molecular formula is C12H13F3N2O4. The molecule has 0 heterocycles. The first-order valence-corrected chi connectivity index (χ1v) is 5.65. The molecule has 0 unspecified atom stereocenters. The molecule has 0 aliphatic rings. The second-order valence-electron chi connectivity index (χ2n) is 4.13. The number of hydrogen-bond acceptors (Lipinski definition) is 4. The van der Waals surface area contributed by atoms with Crippen LogP contribution in [-0.4, -0.2) is 48.3 Å². The lowest BCUT2D eigenvalue weighted by Crippen LogP contribution is -2.42. The van der Waals surface area contributed by atoms with Gasteiger partial charge >= 0.3 is 12.1 Å². The number of halogens is 3. The fourth-order valence-electron chi connectivity index (χ4n) is 1.63. The average molecular weight is 306 g/mol. The van der Waals surface area contributed by atoms with E-state index in [1.807, 2.05) is 0 Å². The molecule has 1 aromatic rings. The molecule has 1 amide bonds. The summed E-state index contributed by atoms with van der Waals surface area (Å²) in [6, 6.07) is 3.75. The van der Waals surface area contributed by atoms with Gasteiger partial charge in [0.1, 0.15) is 18.8 Å². The molecular weight excluding hydrogens is 293 g/mol. The zero-order valence-corrected chi connectivity index (χ0v) is 11.0. The fraction of sp³-hybridized carbons (Fsp3) is 0.333. The van der Waals surface area contributed by atoms with E-state index in [0.29, 0.717) is 0 Å². The van der Waals surface area contributed by atoms with E-state index in [9.17, 15) is 22.8 Å². The van der Waals surface area contributed by atoms with E-state index < -0.39 is 31.1 Å². The Bertz CT molecular complexity index is 546. The van der Waals surface area contributed by atoms with Crippen molar-refractivity contribution in [2.75, 3.05) is 25.9 Å². The number of ether oxygens (including phenoxy) is 1. The topological polar surface area (TPSA) is 92.9 Å². The number of carboxylic acids is 1. The number of amides is 1. The number of carboxylic acid groups (broad SMARTS) is 1. The molecule has 0 atom stereocenters. The van der Waals surface area contributed by atoms with Crippen molar-refractivity contribution in [3.63, 3.8) is 0 Å². The predicted molar refractivity (Wildman–Crippen MR) is 67.0 cm³/mol. The highest BCUT2D eigenvalue weighted by atomic mass is 19.4. The van der Waals surface area contributed by atoms with Gasteiger partial charge < -0.3 is 20.5 Å². The van der Waals surface area contributed by atoms with Gasteiger partial charge in [-0.25, -0.2) is 0 Å². The van der Waals surface area contributed by atoms with Gasteiger partial charge in [-0.05, 0) is 12.1 Å². The molecule has 1 aromatic carbocycles. The van der Waals surface area contributed by atoms with Crippen LogP contribution in [-0.2, 0) is 4.79 Å². The van der Waals surface area contributed by atoms with Gasteiger partial charge in [0, 0.05) is 11.8 Å². The molecule has 21 heavy (non-hydrogen) atoms. The maximum absolute atomic E-state index is 12.4. The van der Waals surface area contributed by atoms with Gasteiger partial charge in [-0.15, -0.1) is 0 Å². The number of alkyl halides is 3. The minimum absolute atomic E-state index is 0.0300. The Hall–Kier alpha value is -2.45. The van der Waals surface area contributed by atoms with Gasteiger partial charge in [0.05, 0.1) is 12.7 Å². The molecule has 0 radical (unpaired) electrons. The summed E-state index contributed by atoms with van der Waals surface area (Å²) >= 11 is 0. The van der Waals surface area contributed by atoms with Crippen molar-refractivity contribution < 1.29 is 32.6 Å². The minimum Gasteiger partial charge on any atom is -0.496 e. The van der Waals surface area contributed by atoms with Crippen molar-refractivity contribution in [1.82, 2.24) is 4.90 Å². The molecule has 0 fully saturated rings. The Morgan fingerprint density at radius 3 is 2.48 bits per heavy atom. The summed E-state index contributed by atoms with van der Waals surface area (Å²) in [6.45, 7) is -2.75. The number of hydrogen-bond donors (Lipinski definition) is 2. The van der Waals surface area contributed by atoms with Crippen LogP contribution >= 0.6 is 0 Å². The van der Waals surface area contributed by atoms with Crippen molar-refractivity contribution in [3.8, 4) is 5.75 Å². The van der Waals surface area contributed by atoms with Crippen molar-refractivity contribution in [1.29, 1.82) is 0 Å². The minimum atomic E-state index is -4.72. The van der Waals surface area contributed by atoms with Gasteiger partial charge in [-0.2, -0.15) is 13.2 Å². The van der Waals surface area contributed by atoms with Crippen molar-refractivity contribution >= 4 is 17.6 Å². The molecule has 0 saturated carbocycles. The molecule has 1 rings (SSSR count). The Labute approximate surface area is 117 Å². The molecule has 9 heteroatoms. The van der Waals surface area contributed by atoms with Gasteiger partial charge in [0.25, 0.3) is 5.91 Å². The number of rotatable bonds is 5. The number of nitrogens with two attached hydrogens (primary N) is 1. The Morgan fingerprint density at radius 1 is 1.38 bits per heavy atom. The number of anilines is 1. The lowest BCUT2D eigenvalue weighted by molar-refractivity contribution is -0.149. The summed E-state index contributed by atoms with van der Waals surface area (Å²) in [4.78, 5) is 22.9. The monoisotopic (exact) mass is 306 g/mol. The number of nitrogens with zero attached hydrogens (tertiary/aromatic N) is 1. The zero-order chi connectivity index (χ0) is 16.2. The fourth-order valence-corrected chi connectivity index (χ4v) is 1.63. The maximum Gasteiger partial charge on any atom is 0.406 e. The standard InChI is InChI=1S/C12H13F3N2O4/c1-21-9-4-7(16)2-3-8(9)11(20)17(5-10(18)19)6-12(13,14)15/h2-4H,5-6,16H2,1H3,(H,18,19). The largest absolute Gasteiger partial charge is 0.496 e. The molecule has 0 aromatic heterocycles. The molecule has 6 nitrogen and oxygen atoms in total. The molecule has 116 valence electrons. The summed E-state index contributed by atoms with van der Waals surface area (Å²) < 4.78 is 42.2. The van der Waals surface area contributed by atoms with Crippen LogP contribution in [0.1, 0.15) is 10.4 Å². The third-order valence-corrected chi connectivity index (χ3v) is 2.44. The van der Waals surface area contributed by atoms with Crippen LogP contribution in [0, 0.1) is 0 Å². The quantitative estimate of drug-likeness (QED) is 0.801. The summed E-state index contributed by atoms with van der Waals surface area (Å²) in [6.07, 6.45) is -4.72. The second-order valence-corrected chi connectivity index (χ2v) is 4.13. The molecule has 0 spiro atoms. The number of methoxy groups -OCH3 is 1. The highest BCUT2D eigenvalue weighted by Crippen LogP contribution is 2.25. The van der Waals surface area contributed by atoms with E-state index in [0.717, 1.165) is 0 Å². The van der Waals surface area contributed by atoms with Crippen LogP contribution in [0.4, 0.5) is 18.9 Å². The normalized spacial score (nSPS) is 11.0. The van der Waals surface area contributed by atoms with Gasteiger partial charge in [-0.1, -0.05) is 0 Å². The van der Waals surface area contributed by atoms with Crippen LogP contribution in [0.25, 0.3) is 0 Å². The first-order chi connectivity index (χ1) is 9.64. The van der Waals surface area contributed by atoms with E-state index >= 15 is 0 Å². The molecule has 0 aliphatic carbocycles. The number of aliphatic carboxylic acids is 1. The third kappa shape index (κ3) is 4.86. The van der Waals surface area contributed by atoms with Crippen LogP contribution < -0.4 is 10.5 Å². The first kappa shape index (κ1) is 16.6. The summed E-state index contributed by atoms with van der Waals surface area (Å²) in [5, 5.41) is 8.63. The Morgan fingerprint density at radius 2 is 2.00 bits per heavy atom. The van der Waals surface area contributed by atoms with Crippen molar-refractivity contribution in [2.24, 2.45) is 0 Å². The van der Waals surface area contributed by atoms with Gasteiger partial charge in [-0.3, -0.25) is 9.59 Å². The molecule has 0 aliphatic heterocycles.